The Bertz CT molecular complexity index is 911. The number of aryl methyl sites for hydroxylation is 1. The lowest BCUT2D eigenvalue weighted by Gasteiger charge is -2.32. The van der Waals surface area contributed by atoms with E-state index in [-0.39, 0.29) is 11.8 Å². The van der Waals surface area contributed by atoms with Crippen LogP contribution in [0.15, 0.2) is 48.0 Å². The average Bonchev–Trinajstić information content (AvgIpc) is 3.23. The van der Waals surface area contributed by atoms with E-state index in [1.165, 1.54) is 0 Å². The Morgan fingerprint density at radius 2 is 2.19 bits per heavy atom. The summed E-state index contributed by atoms with van der Waals surface area (Å²) in [5, 5.41) is 2.06. The lowest BCUT2D eigenvalue weighted by molar-refractivity contribution is -0.131. The van der Waals surface area contributed by atoms with Gasteiger partial charge in [-0.25, -0.2) is 9.97 Å². The van der Waals surface area contributed by atoms with Crippen molar-refractivity contribution in [1.82, 2.24) is 19.9 Å². The van der Waals surface area contributed by atoms with E-state index in [1.54, 1.807) is 17.5 Å². The molecule has 0 spiro atoms. The summed E-state index contributed by atoms with van der Waals surface area (Å²) in [5.41, 5.74) is 2.76. The van der Waals surface area contributed by atoms with Gasteiger partial charge in [0.25, 0.3) is 0 Å². The third-order valence-electron chi connectivity index (χ3n) is 4.84. The van der Waals surface area contributed by atoms with E-state index in [4.69, 9.17) is 4.98 Å². The molecule has 0 aromatic carbocycles. The van der Waals surface area contributed by atoms with E-state index in [0.717, 1.165) is 47.2 Å². The molecule has 5 nitrogen and oxygen atoms in total. The molecule has 1 atom stereocenters. The minimum absolute atomic E-state index is 0.129. The van der Waals surface area contributed by atoms with Crippen molar-refractivity contribution in [2.24, 2.45) is 0 Å². The Kier molecular flexibility index (Phi) is 5.25. The summed E-state index contributed by atoms with van der Waals surface area (Å²) >= 11 is 1.69. The minimum Gasteiger partial charge on any atom is -0.342 e. The zero-order valence-corrected chi connectivity index (χ0v) is 16.2. The van der Waals surface area contributed by atoms with Gasteiger partial charge in [0.1, 0.15) is 5.82 Å². The van der Waals surface area contributed by atoms with Gasteiger partial charge in [-0.3, -0.25) is 9.78 Å². The van der Waals surface area contributed by atoms with Crippen LogP contribution in [0.4, 0.5) is 0 Å². The number of hydrogen-bond donors (Lipinski definition) is 0. The number of thiophene rings is 1. The first-order valence-corrected chi connectivity index (χ1v) is 10.1. The van der Waals surface area contributed by atoms with E-state index in [1.807, 2.05) is 42.2 Å². The number of nitrogens with zero attached hydrogens (tertiary/aromatic N) is 4. The topological polar surface area (TPSA) is 59.0 Å². The molecule has 1 aliphatic rings. The molecule has 1 saturated heterocycles. The highest BCUT2D eigenvalue weighted by molar-refractivity contribution is 7.13. The molecule has 0 bridgehead atoms. The average molecular weight is 379 g/mol. The van der Waals surface area contributed by atoms with E-state index in [0.29, 0.717) is 13.0 Å². The molecule has 4 rings (SSSR count). The number of rotatable bonds is 4. The van der Waals surface area contributed by atoms with E-state index < -0.39 is 0 Å². The summed E-state index contributed by atoms with van der Waals surface area (Å²) in [6, 6.07) is 11.8. The van der Waals surface area contributed by atoms with Gasteiger partial charge in [0.2, 0.25) is 5.91 Å². The molecule has 3 aromatic rings. The molecule has 27 heavy (non-hydrogen) atoms. The number of amides is 1. The molecular formula is C21H22N4OS. The fourth-order valence-corrected chi connectivity index (χ4v) is 4.19. The van der Waals surface area contributed by atoms with Gasteiger partial charge in [-0.15, -0.1) is 11.3 Å². The first-order valence-electron chi connectivity index (χ1n) is 9.26. The summed E-state index contributed by atoms with van der Waals surface area (Å²) in [4.78, 5) is 29.6. The zero-order chi connectivity index (χ0) is 18.6. The second-order valence-corrected chi connectivity index (χ2v) is 7.85. The predicted octanol–water partition coefficient (Wildman–Crippen LogP) is 3.86. The molecule has 3 aromatic heterocycles. The summed E-state index contributed by atoms with van der Waals surface area (Å²) in [7, 11) is 0. The van der Waals surface area contributed by atoms with Crippen molar-refractivity contribution in [2.75, 3.05) is 13.1 Å². The van der Waals surface area contributed by atoms with Crippen molar-refractivity contribution >= 4 is 17.2 Å². The maximum Gasteiger partial charge on any atom is 0.228 e. The first-order chi connectivity index (χ1) is 13.2. The highest BCUT2D eigenvalue weighted by atomic mass is 32.1. The highest BCUT2D eigenvalue weighted by Crippen LogP contribution is 2.29. The van der Waals surface area contributed by atoms with Crippen molar-refractivity contribution in [3.05, 3.63) is 65.2 Å². The Morgan fingerprint density at radius 3 is 2.96 bits per heavy atom. The number of carbonyl (C=O) groups is 1. The number of carbonyl (C=O) groups excluding carboxylic acids is 1. The fourth-order valence-electron chi connectivity index (χ4n) is 3.51. The molecule has 1 aliphatic heterocycles. The van der Waals surface area contributed by atoms with Crippen LogP contribution in [0.5, 0.6) is 0 Å². The molecular weight excluding hydrogens is 356 g/mol. The Hall–Kier alpha value is -2.60. The molecule has 6 heteroatoms. The first kappa shape index (κ1) is 17.8. The van der Waals surface area contributed by atoms with Crippen LogP contribution in [0.1, 0.15) is 36.0 Å². The molecule has 138 valence electrons. The van der Waals surface area contributed by atoms with Crippen molar-refractivity contribution in [3.8, 4) is 10.6 Å². The number of hydrogen-bond acceptors (Lipinski definition) is 5. The van der Waals surface area contributed by atoms with Crippen LogP contribution in [-0.2, 0) is 11.2 Å². The molecule has 0 unspecified atom stereocenters. The Morgan fingerprint density at radius 1 is 1.26 bits per heavy atom. The van der Waals surface area contributed by atoms with Crippen LogP contribution in [0, 0.1) is 6.92 Å². The normalized spacial score (nSPS) is 17.1. The monoisotopic (exact) mass is 378 g/mol. The van der Waals surface area contributed by atoms with Gasteiger partial charge in [0, 0.05) is 36.6 Å². The predicted molar refractivity (Wildman–Crippen MR) is 107 cm³/mol. The van der Waals surface area contributed by atoms with Gasteiger partial charge >= 0.3 is 0 Å². The largest absolute Gasteiger partial charge is 0.342 e. The highest BCUT2D eigenvalue weighted by Gasteiger charge is 2.27. The van der Waals surface area contributed by atoms with E-state index >= 15 is 0 Å². The van der Waals surface area contributed by atoms with Gasteiger partial charge in [0.15, 0.2) is 0 Å². The van der Waals surface area contributed by atoms with Crippen LogP contribution in [0.25, 0.3) is 10.6 Å². The lowest BCUT2D eigenvalue weighted by atomic mass is 9.96. The maximum atomic E-state index is 12.7. The van der Waals surface area contributed by atoms with Gasteiger partial charge in [-0.05, 0) is 49.4 Å². The SMILES string of the molecule is Cc1cc(-c2cccs2)nc([C@@H]2CCCN(C(=O)Cc3ccccn3)C2)n1. The Labute approximate surface area is 163 Å². The molecule has 1 amide bonds. The van der Waals surface area contributed by atoms with Crippen molar-refractivity contribution in [1.29, 1.82) is 0 Å². The third-order valence-corrected chi connectivity index (χ3v) is 5.74. The molecule has 4 heterocycles. The van der Waals surface area contributed by atoms with Crippen molar-refractivity contribution in [3.63, 3.8) is 0 Å². The standard InChI is InChI=1S/C21H22N4OS/c1-15-12-18(19-8-5-11-27-19)24-21(23-15)16-6-4-10-25(14-16)20(26)13-17-7-2-3-9-22-17/h2-3,5,7-9,11-12,16H,4,6,10,13-14H2,1H3/t16-/m1/s1. The van der Waals surface area contributed by atoms with Crippen LogP contribution in [0.3, 0.4) is 0 Å². The van der Waals surface area contributed by atoms with Crippen LogP contribution >= 0.6 is 11.3 Å². The van der Waals surface area contributed by atoms with Crippen LogP contribution in [0.2, 0.25) is 0 Å². The Balaban J connectivity index is 1.50. The quantitative estimate of drug-likeness (QED) is 0.692. The molecule has 1 fully saturated rings. The zero-order valence-electron chi connectivity index (χ0n) is 15.3. The van der Waals surface area contributed by atoms with Crippen molar-refractivity contribution < 1.29 is 4.79 Å². The van der Waals surface area contributed by atoms with Gasteiger partial charge in [-0.1, -0.05) is 12.1 Å². The molecule has 0 N–H and O–H groups in total. The number of piperidine rings is 1. The number of likely N-dealkylation sites (tertiary alicyclic amines) is 1. The van der Waals surface area contributed by atoms with Gasteiger partial charge in [-0.2, -0.15) is 0 Å². The fraction of sp³-hybridized carbons (Fsp3) is 0.333. The summed E-state index contributed by atoms with van der Waals surface area (Å²) in [6.45, 7) is 3.49. The van der Waals surface area contributed by atoms with E-state index in [2.05, 4.69) is 21.4 Å². The smallest absolute Gasteiger partial charge is 0.228 e. The molecule has 0 saturated carbocycles. The van der Waals surface area contributed by atoms with Gasteiger partial charge in [0.05, 0.1) is 17.0 Å². The summed E-state index contributed by atoms with van der Waals surface area (Å²) in [6.07, 6.45) is 4.07. The van der Waals surface area contributed by atoms with E-state index in [9.17, 15) is 4.79 Å². The minimum atomic E-state index is 0.129. The molecule has 0 radical (unpaired) electrons. The summed E-state index contributed by atoms with van der Waals surface area (Å²) < 4.78 is 0. The molecule has 0 aliphatic carbocycles. The van der Waals surface area contributed by atoms with Crippen molar-refractivity contribution in [2.45, 2.75) is 32.1 Å². The number of pyridine rings is 1. The lowest BCUT2D eigenvalue weighted by Crippen LogP contribution is -2.40. The number of aromatic nitrogens is 3. The third kappa shape index (κ3) is 4.22. The van der Waals surface area contributed by atoms with Crippen LogP contribution < -0.4 is 0 Å². The maximum absolute atomic E-state index is 12.7. The van der Waals surface area contributed by atoms with Gasteiger partial charge < -0.3 is 4.90 Å². The second kappa shape index (κ2) is 7.96. The second-order valence-electron chi connectivity index (χ2n) is 6.91. The van der Waals surface area contributed by atoms with Crippen LogP contribution in [-0.4, -0.2) is 38.8 Å². The summed E-state index contributed by atoms with van der Waals surface area (Å²) in [5.74, 6) is 1.17.